The molecule has 0 aromatic heterocycles. The molecular weight excluding hydrogens is 352 g/mol. The lowest BCUT2D eigenvalue weighted by atomic mass is 10.0. The summed E-state index contributed by atoms with van der Waals surface area (Å²) in [4.78, 5) is 28.9. The van der Waals surface area contributed by atoms with Gasteiger partial charge in [0, 0.05) is 31.7 Å². The number of carbonyl (C=O) groups is 2. The molecule has 0 bridgehead atoms. The van der Waals surface area contributed by atoms with E-state index in [4.69, 9.17) is 4.74 Å². The summed E-state index contributed by atoms with van der Waals surface area (Å²) in [7, 11) is 0. The average Bonchev–Trinajstić information content (AvgIpc) is 3.15. The molecule has 0 spiro atoms. The van der Waals surface area contributed by atoms with Gasteiger partial charge in [-0.3, -0.25) is 9.59 Å². The molecule has 5 nitrogen and oxygen atoms in total. The minimum Gasteiger partial charge on any atom is -0.373 e. The second-order valence-corrected chi connectivity index (χ2v) is 7.56. The van der Waals surface area contributed by atoms with Crippen molar-refractivity contribution in [1.29, 1.82) is 0 Å². The van der Waals surface area contributed by atoms with Crippen LogP contribution >= 0.6 is 0 Å². The van der Waals surface area contributed by atoms with Gasteiger partial charge in [0.1, 0.15) is 0 Å². The van der Waals surface area contributed by atoms with Crippen molar-refractivity contribution < 1.29 is 14.3 Å². The first-order valence-corrected chi connectivity index (χ1v) is 10.0. The summed E-state index contributed by atoms with van der Waals surface area (Å²) in [6.07, 6.45) is 2.19. The quantitative estimate of drug-likeness (QED) is 0.803. The van der Waals surface area contributed by atoms with Gasteiger partial charge in [0.15, 0.2) is 0 Å². The summed E-state index contributed by atoms with van der Waals surface area (Å²) >= 11 is 0. The molecule has 28 heavy (non-hydrogen) atoms. The van der Waals surface area contributed by atoms with Gasteiger partial charge >= 0.3 is 0 Å². The maximum atomic E-state index is 12.9. The van der Waals surface area contributed by atoms with E-state index in [1.807, 2.05) is 53.4 Å². The Kier molecular flexibility index (Phi) is 5.72. The molecule has 2 fully saturated rings. The van der Waals surface area contributed by atoms with E-state index in [2.05, 4.69) is 12.1 Å². The predicted molar refractivity (Wildman–Crippen MR) is 108 cm³/mol. The molecule has 0 saturated carbocycles. The zero-order valence-electron chi connectivity index (χ0n) is 16.0. The van der Waals surface area contributed by atoms with Crippen molar-refractivity contribution in [2.45, 2.75) is 32.0 Å². The summed E-state index contributed by atoms with van der Waals surface area (Å²) in [6, 6.07) is 19.7. The predicted octanol–water partition coefficient (Wildman–Crippen LogP) is 3.25. The van der Waals surface area contributed by atoms with Crippen molar-refractivity contribution in [3.63, 3.8) is 0 Å². The van der Waals surface area contributed by atoms with Gasteiger partial charge in [-0.25, -0.2) is 0 Å². The molecule has 0 unspecified atom stereocenters. The second kappa shape index (κ2) is 8.57. The molecular formula is C23H26N2O3. The van der Waals surface area contributed by atoms with Gasteiger partial charge in [-0.1, -0.05) is 48.5 Å². The van der Waals surface area contributed by atoms with Crippen molar-refractivity contribution in [3.05, 3.63) is 66.2 Å². The molecule has 2 aliphatic heterocycles. The molecule has 2 aromatic rings. The Morgan fingerprint density at radius 1 is 0.964 bits per heavy atom. The van der Waals surface area contributed by atoms with Gasteiger partial charge in [0.05, 0.1) is 18.6 Å². The lowest BCUT2D eigenvalue weighted by Gasteiger charge is -2.33. The van der Waals surface area contributed by atoms with Crippen LogP contribution in [0.5, 0.6) is 0 Å². The Labute approximate surface area is 165 Å². The number of carbonyl (C=O) groups excluding carboxylic acids is 2. The Morgan fingerprint density at radius 2 is 1.61 bits per heavy atom. The molecule has 2 aromatic carbocycles. The first-order chi connectivity index (χ1) is 13.7. The maximum absolute atomic E-state index is 12.9. The normalized spacial score (nSPS) is 20.6. The first-order valence-electron chi connectivity index (χ1n) is 10.0. The minimum absolute atomic E-state index is 0.0330. The van der Waals surface area contributed by atoms with Crippen LogP contribution in [0.15, 0.2) is 60.7 Å². The van der Waals surface area contributed by atoms with Gasteiger partial charge in [0.2, 0.25) is 11.8 Å². The fourth-order valence-electron chi connectivity index (χ4n) is 4.02. The Hall–Kier alpha value is -2.66. The SMILES string of the molecule is O=C([C@@H]1CC(=O)N(c2ccccc2)C1)N1CCC(OCc2ccccc2)CC1. The van der Waals surface area contributed by atoms with Crippen LogP contribution in [0.2, 0.25) is 0 Å². The molecule has 2 amide bonds. The molecule has 1 atom stereocenters. The zero-order valence-corrected chi connectivity index (χ0v) is 16.0. The third kappa shape index (κ3) is 4.25. The summed E-state index contributed by atoms with van der Waals surface area (Å²) in [5.41, 5.74) is 2.04. The fraction of sp³-hybridized carbons (Fsp3) is 0.391. The van der Waals surface area contributed by atoms with Crippen LogP contribution in [0.1, 0.15) is 24.8 Å². The van der Waals surface area contributed by atoms with Crippen LogP contribution < -0.4 is 4.90 Å². The summed E-state index contributed by atoms with van der Waals surface area (Å²) in [6.45, 7) is 2.50. The van der Waals surface area contributed by atoms with E-state index in [1.165, 1.54) is 5.56 Å². The number of para-hydroxylation sites is 1. The number of benzene rings is 2. The molecule has 0 aliphatic carbocycles. The van der Waals surface area contributed by atoms with Gasteiger partial charge < -0.3 is 14.5 Å². The number of nitrogens with zero attached hydrogens (tertiary/aromatic N) is 2. The third-order valence-electron chi connectivity index (χ3n) is 5.62. The lowest BCUT2D eigenvalue weighted by Crippen LogP contribution is -2.44. The maximum Gasteiger partial charge on any atom is 0.228 e. The van der Waals surface area contributed by atoms with Crippen LogP contribution in [0, 0.1) is 5.92 Å². The van der Waals surface area contributed by atoms with Gasteiger partial charge in [-0.05, 0) is 30.5 Å². The highest BCUT2D eigenvalue weighted by atomic mass is 16.5. The topological polar surface area (TPSA) is 49.9 Å². The van der Waals surface area contributed by atoms with Crippen molar-refractivity contribution in [2.24, 2.45) is 5.92 Å². The molecule has 0 radical (unpaired) electrons. The van der Waals surface area contributed by atoms with Crippen LogP contribution in [0.4, 0.5) is 5.69 Å². The van der Waals surface area contributed by atoms with Crippen LogP contribution in [0.25, 0.3) is 0 Å². The van der Waals surface area contributed by atoms with E-state index in [1.54, 1.807) is 4.90 Å². The van der Waals surface area contributed by atoms with Crippen molar-refractivity contribution in [1.82, 2.24) is 4.90 Å². The summed E-state index contributed by atoms with van der Waals surface area (Å²) in [5.74, 6) is -0.103. The Balaban J connectivity index is 1.27. The molecule has 5 heteroatoms. The van der Waals surface area contributed by atoms with Gasteiger partial charge in [-0.2, -0.15) is 0 Å². The van der Waals surface area contributed by atoms with E-state index >= 15 is 0 Å². The highest BCUT2D eigenvalue weighted by molar-refractivity contribution is 6.00. The van der Waals surface area contributed by atoms with Crippen LogP contribution in [-0.2, 0) is 20.9 Å². The zero-order chi connectivity index (χ0) is 19.3. The number of rotatable bonds is 5. The molecule has 2 aliphatic rings. The van der Waals surface area contributed by atoms with Crippen LogP contribution in [0.3, 0.4) is 0 Å². The number of piperidine rings is 1. The van der Waals surface area contributed by atoms with E-state index < -0.39 is 0 Å². The number of hydrogen-bond acceptors (Lipinski definition) is 3. The summed E-state index contributed by atoms with van der Waals surface area (Å²) < 4.78 is 6.01. The highest BCUT2D eigenvalue weighted by Crippen LogP contribution is 2.27. The average molecular weight is 378 g/mol. The fourth-order valence-corrected chi connectivity index (χ4v) is 4.02. The van der Waals surface area contributed by atoms with Crippen molar-refractivity contribution in [3.8, 4) is 0 Å². The molecule has 0 N–H and O–H groups in total. The van der Waals surface area contributed by atoms with Gasteiger partial charge in [0.25, 0.3) is 0 Å². The standard InChI is InChI=1S/C23H26N2O3/c26-22-15-19(16-25(22)20-9-5-2-6-10-20)23(27)24-13-11-21(12-14-24)28-17-18-7-3-1-4-8-18/h1-10,19,21H,11-17H2/t19-/m1/s1. The number of hydrogen-bond donors (Lipinski definition) is 0. The van der Waals surface area contributed by atoms with Crippen molar-refractivity contribution >= 4 is 17.5 Å². The molecule has 4 rings (SSSR count). The molecule has 2 heterocycles. The van der Waals surface area contributed by atoms with Crippen LogP contribution in [-0.4, -0.2) is 42.5 Å². The number of ether oxygens (including phenoxy) is 1. The van der Waals surface area contributed by atoms with E-state index in [9.17, 15) is 9.59 Å². The third-order valence-corrected chi connectivity index (χ3v) is 5.62. The number of anilines is 1. The monoisotopic (exact) mass is 378 g/mol. The van der Waals surface area contributed by atoms with E-state index in [-0.39, 0.29) is 23.8 Å². The molecule has 146 valence electrons. The first kappa shape index (κ1) is 18.7. The highest BCUT2D eigenvalue weighted by Gasteiger charge is 2.38. The Morgan fingerprint density at radius 3 is 2.29 bits per heavy atom. The number of amides is 2. The largest absolute Gasteiger partial charge is 0.373 e. The minimum atomic E-state index is -0.241. The lowest BCUT2D eigenvalue weighted by molar-refractivity contribution is -0.138. The molecule has 2 saturated heterocycles. The smallest absolute Gasteiger partial charge is 0.228 e. The number of likely N-dealkylation sites (tertiary alicyclic amines) is 1. The summed E-state index contributed by atoms with van der Waals surface area (Å²) in [5, 5.41) is 0. The van der Waals surface area contributed by atoms with E-state index in [0.29, 0.717) is 32.7 Å². The second-order valence-electron chi connectivity index (χ2n) is 7.56. The van der Waals surface area contributed by atoms with Crippen molar-refractivity contribution in [2.75, 3.05) is 24.5 Å². The Bertz CT molecular complexity index is 801. The van der Waals surface area contributed by atoms with E-state index in [0.717, 1.165) is 18.5 Å². The van der Waals surface area contributed by atoms with Gasteiger partial charge in [-0.15, -0.1) is 0 Å².